The molecule has 1 amide bonds. The quantitative estimate of drug-likeness (QED) is 0.778. The summed E-state index contributed by atoms with van der Waals surface area (Å²) in [6.07, 6.45) is 5.97. The van der Waals surface area contributed by atoms with Crippen LogP contribution in [0, 0.1) is 12.3 Å². The van der Waals surface area contributed by atoms with E-state index in [0.717, 1.165) is 28.4 Å². The van der Waals surface area contributed by atoms with Crippen molar-refractivity contribution < 1.29 is 4.79 Å². The summed E-state index contributed by atoms with van der Waals surface area (Å²) in [6.45, 7) is 2.64. The van der Waals surface area contributed by atoms with E-state index in [1.54, 1.807) is 0 Å². The first-order valence-corrected chi connectivity index (χ1v) is 8.50. The van der Waals surface area contributed by atoms with Crippen LogP contribution in [0.4, 0.5) is 0 Å². The monoisotopic (exact) mass is 357 g/mol. The van der Waals surface area contributed by atoms with Gasteiger partial charge in [0.1, 0.15) is 0 Å². The van der Waals surface area contributed by atoms with E-state index in [4.69, 9.17) is 11.6 Å². The SMILES string of the molecule is Cc1c(Br)cccc1C(=O)NCC1(CCl)CCCCC1. The van der Waals surface area contributed by atoms with Crippen molar-refractivity contribution in [2.75, 3.05) is 12.4 Å². The molecule has 0 unspecified atom stereocenters. The molecule has 2 nitrogen and oxygen atoms in total. The molecule has 1 saturated carbocycles. The van der Waals surface area contributed by atoms with E-state index in [1.807, 2.05) is 25.1 Å². The number of halogens is 2. The van der Waals surface area contributed by atoms with Crippen LogP contribution >= 0.6 is 27.5 Å². The third-order valence-corrected chi connectivity index (χ3v) is 5.76. The maximum absolute atomic E-state index is 12.3. The Balaban J connectivity index is 2.02. The molecule has 1 aromatic carbocycles. The van der Waals surface area contributed by atoms with Gasteiger partial charge in [0.2, 0.25) is 0 Å². The Bertz CT molecular complexity index is 483. The lowest BCUT2D eigenvalue weighted by Crippen LogP contribution is -2.40. The number of amides is 1. The van der Waals surface area contributed by atoms with Crippen LogP contribution in [0.25, 0.3) is 0 Å². The predicted octanol–water partition coefficient (Wildman–Crippen LogP) is 4.68. The van der Waals surface area contributed by atoms with Crippen LogP contribution in [0.5, 0.6) is 0 Å². The van der Waals surface area contributed by atoms with Crippen molar-refractivity contribution in [2.45, 2.75) is 39.0 Å². The van der Waals surface area contributed by atoms with Gasteiger partial charge in [0.25, 0.3) is 5.91 Å². The van der Waals surface area contributed by atoms with Crippen molar-refractivity contribution in [3.05, 3.63) is 33.8 Å². The molecule has 0 heterocycles. The summed E-state index contributed by atoms with van der Waals surface area (Å²) in [5, 5.41) is 3.08. The highest BCUT2D eigenvalue weighted by Crippen LogP contribution is 2.36. The molecule has 0 spiro atoms. The van der Waals surface area contributed by atoms with Crippen LogP contribution < -0.4 is 5.32 Å². The number of benzene rings is 1. The van der Waals surface area contributed by atoms with Crippen LogP contribution in [-0.4, -0.2) is 18.3 Å². The number of hydrogen-bond acceptors (Lipinski definition) is 1. The van der Waals surface area contributed by atoms with Gasteiger partial charge in [-0.1, -0.05) is 41.3 Å². The molecule has 1 N–H and O–H groups in total. The molecule has 0 bridgehead atoms. The zero-order valence-corrected chi connectivity index (χ0v) is 14.2. The summed E-state index contributed by atoms with van der Waals surface area (Å²) < 4.78 is 0.967. The van der Waals surface area contributed by atoms with Gasteiger partial charge in [-0.25, -0.2) is 0 Å². The van der Waals surface area contributed by atoms with Crippen LogP contribution in [0.3, 0.4) is 0 Å². The topological polar surface area (TPSA) is 29.1 Å². The molecule has 110 valence electrons. The molecule has 2 rings (SSSR count). The first-order valence-electron chi connectivity index (χ1n) is 7.17. The second-order valence-electron chi connectivity index (χ2n) is 5.79. The lowest BCUT2D eigenvalue weighted by atomic mass is 9.75. The lowest BCUT2D eigenvalue weighted by Gasteiger charge is -2.35. The van der Waals surface area contributed by atoms with Gasteiger partial charge < -0.3 is 5.32 Å². The summed E-state index contributed by atoms with van der Waals surface area (Å²) in [6, 6.07) is 5.71. The zero-order valence-electron chi connectivity index (χ0n) is 11.8. The second kappa shape index (κ2) is 6.95. The number of carbonyl (C=O) groups is 1. The molecule has 0 aromatic heterocycles. The van der Waals surface area contributed by atoms with Gasteiger partial charge in [0, 0.05) is 27.9 Å². The van der Waals surface area contributed by atoms with Crippen molar-refractivity contribution in [1.82, 2.24) is 5.32 Å². The van der Waals surface area contributed by atoms with Gasteiger partial charge in [-0.3, -0.25) is 4.79 Å². The van der Waals surface area contributed by atoms with Crippen LogP contribution in [-0.2, 0) is 0 Å². The van der Waals surface area contributed by atoms with Gasteiger partial charge in [-0.2, -0.15) is 0 Å². The highest BCUT2D eigenvalue weighted by molar-refractivity contribution is 9.10. The van der Waals surface area contributed by atoms with Crippen molar-refractivity contribution in [1.29, 1.82) is 0 Å². The predicted molar refractivity (Wildman–Crippen MR) is 87.5 cm³/mol. The molecule has 0 radical (unpaired) electrons. The standard InChI is InChI=1S/C16H21BrClNO/c1-12-13(6-5-7-14(12)17)15(20)19-11-16(10-18)8-3-2-4-9-16/h5-7H,2-4,8-11H2,1H3,(H,19,20). The maximum atomic E-state index is 12.3. The van der Waals surface area contributed by atoms with Gasteiger partial charge in [-0.15, -0.1) is 11.6 Å². The molecule has 1 aliphatic rings. The summed E-state index contributed by atoms with van der Waals surface area (Å²) in [5.41, 5.74) is 1.81. The summed E-state index contributed by atoms with van der Waals surface area (Å²) in [5.74, 6) is 0.629. The number of carbonyl (C=O) groups excluding carboxylic acids is 1. The second-order valence-corrected chi connectivity index (χ2v) is 6.91. The van der Waals surface area contributed by atoms with Crippen LogP contribution in [0.1, 0.15) is 48.0 Å². The third kappa shape index (κ3) is 3.56. The summed E-state index contributed by atoms with van der Waals surface area (Å²) in [4.78, 5) is 12.3. The average Bonchev–Trinajstić information content (AvgIpc) is 2.48. The van der Waals surface area contributed by atoms with Gasteiger partial charge >= 0.3 is 0 Å². The fraction of sp³-hybridized carbons (Fsp3) is 0.562. The fourth-order valence-electron chi connectivity index (χ4n) is 2.88. The molecule has 1 fully saturated rings. The summed E-state index contributed by atoms with van der Waals surface area (Å²) in [7, 11) is 0. The molecule has 0 aliphatic heterocycles. The number of alkyl halides is 1. The molecule has 0 saturated heterocycles. The molecule has 1 aliphatic carbocycles. The minimum atomic E-state index is -0.00105. The molecular formula is C16H21BrClNO. The van der Waals surface area contributed by atoms with Crippen LogP contribution in [0.15, 0.2) is 22.7 Å². The lowest BCUT2D eigenvalue weighted by molar-refractivity contribution is 0.0920. The Morgan fingerprint density at radius 2 is 2.05 bits per heavy atom. The highest BCUT2D eigenvalue weighted by Gasteiger charge is 2.31. The Hall–Kier alpha value is -0.540. The van der Waals surface area contributed by atoms with Gasteiger partial charge in [0.15, 0.2) is 0 Å². The van der Waals surface area contributed by atoms with Crippen molar-refractivity contribution >= 4 is 33.4 Å². The zero-order chi connectivity index (χ0) is 14.6. The Kier molecular flexibility index (Phi) is 5.50. The molecule has 20 heavy (non-hydrogen) atoms. The van der Waals surface area contributed by atoms with Crippen molar-refractivity contribution in [3.63, 3.8) is 0 Å². The third-order valence-electron chi connectivity index (χ3n) is 4.33. The van der Waals surface area contributed by atoms with Crippen molar-refractivity contribution in [2.24, 2.45) is 5.41 Å². The van der Waals surface area contributed by atoms with E-state index in [0.29, 0.717) is 12.4 Å². The van der Waals surface area contributed by atoms with Crippen LogP contribution in [0.2, 0.25) is 0 Å². The Labute approximate surface area is 134 Å². The smallest absolute Gasteiger partial charge is 0.251 e. The Morgan fingerprint density at radius 3 is 2.70 bits per heavy atom. The van der Waals surface area contributed by atoms with E-state index in [-0.39, 0.29) is 11.3 Å². The summed E-state index contributed by atoms with van der Waals surface area (Å²) >= 11 is 9.63. The highest BCUT2D eigenvalue weighted by atomic mass is 79.9. The molecule has 1 aromatic rings. The Morgan fingerprint density at radius 1 is 1.35 bits per heavy atom. The minimum absolute atomic E-state index is 0.00105. The number of hydrogen-bond donors (Lipinski definition) is 1. The van der Waals surface area contributed by atoms with E-state index in [1.165, 1.54) is 19.3 Å². The fourth-order valence-corrected chi connectivity index (χ4v) is 3.60. The minimum Gasteiger partial charge on any atom is -0.351 e. The van der Waals surface area contributed by atoms with E-state index in [2.05, 4.69) is 21.2 Å². The molecule has 4 heteroatoms. The van der Waals surface area contributed by atoms with Gasteiger partial charge in [0.05, 0.1) is 0 Å². The average molecular weight is 359 g/mol. The van der Waals surface area contributed by atoms with E-state index < -0.39 is 0 Å². The van der Waals surface area contributed by atoms with E-state index >= 15 is 0 Å². The number of rotatable bonds is 4. The normalized spacial score (nSPS) is 17.8. The molecular weight excluding hydrogens is 338 g/mol. The first-order chi connectivity index (χ1) is 9.58. The van der Waals surface area contributed by atoms with E-state index in [9.17, 15) is 4.79 Å². The maximum Gasteiger partial charge on any atom is 0.251 e. The largest absolute Gasteiger partial charge is 0.351 e. The first kappa shape index (κ1) is 15.8. The van der Waals surface area contributed by atoms with Gasteiger partial charge in [-0.05, 0) is 37.5 Å². The van der Waals surface area contributed by atoms with Crippen molar-refractivity contribution in [3.8, 4) is 0 Å². The number of nitrogens with one attached hydrogen (secondary N) is 1. The molecule has 0 atom stereocenters.